The molecule has 2 rings (SSSR count). The minimum atomic E-state index is 0.645. The maximum Gasteiger partial charge on any atom is 0.180 e. The molecule has 0 radical (unpaired) electrons. The Morgan fingerprint density at radius 3 is 2.86 bits per heavy atom. The Hall–Kier alpha value is -1.42. The van der Waals surface area contributed by atoms with E-state index in [9.17, 15) is 0 Å². The Labute approximate surface area is 86.6 Å². The van der Waals surface area contributed by atoms with Crippen molar-refractivity contribution in [3.8, 4) is 0 Å². The van der Waals surface area contributed by atoms with Gasteiger partial charge in [-0.1, -0.05) is 6.07 Å². The lowest BCUT2D eigenvalue weighted by molar-refractivity contribution is 0.965. The number of nitrogens with zero attached hydrogens (tertiary/aromatic N) is 2. The lowest BCUT2D eigenvalue weighted by atomic mass is 10.1. The summed E-state index contributed by atoms with van der Waals surface area (Å²) in [4.78, 5) is 9.30. The lowest BCUT2D eigenvalue weighted by Gasteiger charge is -1.96. The van der Waals surface area contributed by atoms with Crippen LogP contribution < -0.4 is 5.73 Å². The number of nitrogen functional groups attached to an aromatic ring is 1. The Morgan fingerprint density at radius 1 is 1.29 bits per heavy atom. The lowest BCUT2D eigenvalue weighted by Crippen LogP contribution is -1.88. The zero-order valence-corrected chi connectivity index (χ0v) is 8.50. The van der Waals surface area contributed by atoms with Crippen molar-refractivity contribution < 1.29 is 0 Å². The molecule has 0 amide bonds. The summed E-state index contributed by atoms with van der Waals surface area (Å²) in [6.07, 6.45) is 7.50. The van der Waals surface area contributed by atoms with E-state index in [1.807, 2.05) is 18.5 Å². The maximum atomic E-state index is 5.54. The molecule has 2 N–H and O–H groups in total. The standard InChI is InChI=1S/C10H11N3S/c11-10-13-7-9(14-10)4-3-8-2-1-5-12-6-8/h1-2,5-7H,3-4H2,(H2,11,13). The highest BCUT2D eigenvalue weighted by atomic mass is 32.1. The van der Waals surface area contributed by atoms with Crippen molar-refractivity contribution in [3.05, 3.63) is 41.2 Å². The van der Waals surface area contributed by atoms with Gasteiger partial charge in [-0.3, -0.25) is 4.98 Å². The highest BCUT2D eigenvalue weighted by molar-refractivity contribution is 7.15. The van der Waals surface area contributed by atoms with Crippen LogP contribution in [0, 0.1) is 0 Å². The molecule has 0 atom stereocenters. The van der Waals surface area contributed by atoms with E-state index in [1.165, 1.54) is 10.4 Å². The van der Waals surface area contributed by atoms with Gasteiger partial charge >= 0.3 is 0 Å². The summed E-state index contributed by atoms with van der Waals surface area (Å²) in [5.41, 5.74) is 6.79. The van der Waals surface area contributed by atoms with Crippen LogP contribution >= 0.6 is 11.3 Å². The second kappa shape index (κ2) is 4.19. The summed E-state index contributed by atoms with van der Waals surface area (Å²) in [5.74, 6) is 0. The average Bonchev–Trinajstić information content (AvgIpc) is 2.63. The summed E-state index contributed by atoms with van der Waals surface area (Å²) >= 11 is 1.55. The number of pyridine rings is 1. The molecule has 0 spiro atoms. The molecule has 2 heterocycles. The smallest absolute Gasteiger partial charge is 0.180 e. The summed E-state index contributed by atoms with van der Waals surface area (Å²) in [6, 6.07) is 4.04. The van der Waals surface area contributed by atoms with Crippen LogP contribution in [0.2, 0.25) is 0 Å². The van der Waals surface area contributed by atoms with Gasteiger partial charge in [0.2, 0.25) is 0 Å². The van der Waals surface area contributed by atoms with Crippen LogP contribution in [0.3, 0.4) is 0 Å². The van der Waals surface area contributed by atoms with Gasteiger partial charge in [0.1, 0.15) is 0 Å². The number of aromatic nitrogens is 2. The van der Waals surface area contributed by atoms with E-state index < -0.39 is 0 Å². The van der Waals surface area contributed by atoms with Crippen LogP contribution in [0.4, 0.5) is 5.13 Å². The maximum absolute atomic E-state index is 5.54. The molecule has 4 heteroatoms. The minimum absolute atomic E-state index is 0.645. The molecular formula is C10H11N3S. The van der Waals surface area contributed by atoms with Crippen LogP contribution in [0.25, 0.3) is 0 Å². The fourth-order valence-corrected chi connectivity index (χ4v) is 1.94. The Kier molecular flexibility index (Phi) is 2.74. The molecule has 2 aromatic rings. The number of aryl methyl sites for hydroxylation is 2. The Bertz CT molecular complexity index is 397. The Morgan fingerprint density at radius 2 is 2.21 bits per heavy atom. The molecule has 0 saturated heterocycles. The van der Waals surface area contributed by atoms with Gasteiger partial charge in [-0.15, -0.1) is 11.3 Å². The highest BCUT2D eigenvalue weighted by Gasteiger charge is 1.99. The summed E-state index contributed by atoms with van der Waals surface area (Å²) in [7, 11) is 0. The van der Waals surface area contributed by atoms with Crippen molar-refractivity contribution in [2.24, 2.45) is 0 Å². The number of rotatable bonds is 3. The molecule has 14 heavy (non-hydrogen) atoms. The van der Waals surface area contributed by atoms with E-state index in [2.05, 4.69) is 16.0 Å². The molecule has 0 bridgehead atoms. The van der Waals surface area contributed by atoms with Gasteiger partial charge in [0, 0.05) is 23.5 Å². The van der Waals surface area contributed by atoms with E-state index in [-0.39, 0.29) is 0 Å². The van der Waals surface area contributed by atoms with Crippen molar-refractivity contribution in [2.75, 3.05) is 5.73 Å². The fourth-order valence-electron chi connectivity index (χ4n) is 1.25. The summed E-state index contributed by atoms with van der Waals surface area (Å²) in [5, 5.41) is 0.645. The second-order valence-electron chi connectivity index (χ2n) is 3.03. The van der Waals surface area contributed by atoms with Crippen molar-refractivity contribution in [2.45, 2.75) is 12.8 Å². The first-order valence-electron chi connectivity index (χ1n) is 4.43. The van der Waals surface area contributed by atoms with Crippen molar-refractivity contribution in [3.63, 3.8) is 0 Å². The predicted molar refractivity (Wildman–Crippen MR) is 58.2 cm³/mol. The van der Waals surface area contributed by atoms with Crippen LogP contribution in [-0.4, -0.2) is 9.97 Å². The number of thiazole rings is 1. The summed E-state index contributed by atoms with van der Waals surface area (Å²) in [6.45, 7) is 0. The van der Waals surface area contributed by atoms with Gasteiger partial charge in [-0.2, -0.15) is 0 Å². The first kappa shape index (κ1) is 9.15. The molecule has 0 fully saturated rings. The molecule has 0 aliphatic heterocycles. The number of hydrogen-bond donors (Lipinski definition) is 1. The van der Waals surface area contributed by atoms with Gasteiger partial charge < -0.3 is 5.73 Å². The largest absolute Gasteiger partial charge is 0.375 e. The van der Waals surface area contributed by atoms with Gasteiger partial charge in [-0.25, -0.2) is 4.98 Å². The van der Waals surface area contributed by atoms with Crippen molar-refractivity contribution in [1.82, 2.24) is 9.97 Å². The monoisotopic (exact) mass is 205 g/mol. The average molecular weight is 205 g/mol. The third-order valence-electron chi connectivity index (χ3n) is 1.95. The first-order valence-corrected chi connectivity index (χ1v) is 5.25. The molecular weight excluding hydrogens is 194 g/mol. The van der Waals surface area contributed by atoms with Crippen LogP contribution in [0.5, 0.6) is 0 Å². The van der Waals surface area contributed by atoms with Gasteiger partial charge in [0.15, 0.2) is 5.13 Å². The topological polar surface area (TPSA) is 51.8 Å². The quantitative estimate of drug-likeness (QED) is 0.832. The van der Waals surface area contributed by atoms with E-state index in [0.29, 0.717) is 5.13 Å². The van der Waals surface area contributed by atoms with Gasteiger partial charge in [0.05, 0.1) is 0 Å². The number of anilines is 1. The number of hydrogen-bond acceptors (Lipinski definition) is 4. The van der Waals surface area contributed by atoms with Gasteiger partial charge in [-0.05, 0) is 24.5 Å². The third kappa shape index (κ3) is 2.29. The normalized spacial score (nSPS) is 10.3. The minimum Gasteiger partial charge on any atom is -0.375 e. The molecule has 2 aromatic heterocycles. The SMILES string of the molecule is Nc1ncc(CCc2cccnc2)s1. The first-order chi connectivity index (χ1) is 6.84. The predicted octanol–water partition coefficient (Wildman–Crippen LogP) is 1.91. The zero-order chi connectivity index (χ0) is 9.80. The molecule has 0 saturated carbocycles. The summed E-state index contributed by atoms with van der Waals surface area (Å²) < 4.78 is 0. The molecule has 0 unspecified atom stereocenters. The Balaban J connectivity index is 1.95. The molecule has 0 aliphatic carbocycles. The molecule has 3 nitrogen and oxygen atoms in total. The van der Waals surface area contributed by atoms with E-state index in [1.54, 1.807) is 17.5 Å². The van der Waals surface area contributed by atoms with Crippen molar-refractivity contribution >= 4 is 16.5 Å². The van der Waals surface area contributed by atoms with Crippen LogP contribution in [0.1, 0.15) is 10.4 Å². The van der Waals surface area contributed by atoms with E-state index in [0.717, 1.165) is 12.8 Å². The van der Waals surface area contributed by atoms with Crippen LogP contribution in [-0.2, 0) is 12.8 Å². The molecule has 72 valence electrons. The second-order valence-corrected chi connectivity index (χ2v) is 4.17. The van der Waals surface area contributed by atoms with E-state index >= 15 is 0 Å². The molecule has 0 aromatic carbocycles. The van der Waals surface area contributed by atoms with Gasteiger partial charge in [0.25, 0.3) is 0 Å². The van der Waals surface area contributed by atoms with Crippen LogP contribution in [0.15, 0.2) is 30.7 Å². The highest BCUT2D eigenvalue weighted by Crippen LogP contribution is 2.16. The van der Waals surface area contributed by atoms with Crippen molar-refractivity contribution in [1.29, 1.82) is 0 Å². The fraction of sp³-hybridized carbons (Fsp3) is 0.200. The zero-order valence-electron chi connectivity index (χ0n) is 7.68. The van der Waals surface area contributed by atoms with E-state index in [4.69, 9.17) is 5.73 Å². The third-order valence-corrected chi connectivity index (χ3v) is 2.84. The number of nitrogens with two attached hydrogens (primary N) is 1. The molecule has 0 aliphatic rings.